The minimum atomic E-state index is -4.07. The Kier molecular flexibility index (Phi) is 10.5. The van der Waals surface area contributed by atoms with Gasteiger partial charge in [0.2, 0.25) is 33.5 Å². The summed E-state index contributed by atoms with van der Waals surface area (Å²) in [4.78, 5) is 66.7. The number of allylic oxidation sites excluding steroid dienone is 1. The maximum atomic E-state index is 14.7. The molecule has 2 fully saturated rings. The van der Waals surface area contributed by atoms with E-state index in [0.717, 1.165) is 6.42 Å². The third kappa shape index (κ3) is 7.52. The predicted octanol–water partition coefficient (Wildman–Crippen LogP) is 3.90. The average Bonchev–Trinajstić information content (AvgIpc) is 3.52. The molecular weight excluding hydrogens is 746 g/mol. The van der Waals surface area contributed by atoms with Crippen LogP contribution in [0.2, 0.25) is 0 Å². The fourth-order valence-electron chi connectivity index (χ4n) is 7.23. The molecule has 7 rings (SSSR count). The first-order valence-corrected chi connectivity index (χ1v) is 20.5. The van der Waals surface area contributed by atoms with Crippen molar-refractivity contribution in [2.75, 3.05) is 6.54 Å². The molecule has 0 spiro atoms. The number of hydrogen-bond donors (Lipinski definition) is 3. The number of nitrogens with one attached hydrogen (secondary N) is 3. The van der Waals surface area contributed by atoms with E-state index in [1.807, 2.05) is 19.9 Å². The van der Waals surface area contributed by atoms with Crippen LogP contribution in [-0.2, 0) is 24.4 Å². The van der Waals surface area contributed by atoms with E-state index < -0.39 is 73.9 Å². The number of aromatic nitrogens is 3. The number of para-hydroxylation sites is 1. The van der Waals surface area contributed by atoms with Crippen molar-refractivity contribution in [3.05, 3.63) is 71.5 Å². The van der Waals surface area contributed by atoms with E-state index in [-0.39, 0.29) is 42.5 Å². The molecule has 1 saturated carbocycles. The van der Waals surface area contributed by atoms with E-state index >= 15 is 0 Å². The lowest BCUT2D eigenvalue weighted by atomic mass is 9.73. The lowest BCUT2D eigenvalue weighted by Gasteiger charge is -2.42. The summed E-state index contributed by atoms with van der Waals surface area (Å²) in [7, 11) is -4.07. The Hall–Kier alpha value is -5.19. The van der Waals surface area contributed by atoms with Crippen molar-refractivity contribution in [2.45, 2.75) is 113 Å². The minimum absolute atomic E-state index is 0.00460. The van der Waals surface area contributed by atoms with Crippen LogP contribution in [0.4, 0.5) is 4.39 Å². The van der Waals surface area contributed by atoms with Crippen LogP contribution in [0.25, 0.3) is 11.0 Å². The normalized spacial score (nSPS) is 26.4. The molecule has 3 aromatic rings. The molecule has 5 unspecified atom stereocenters. The number of fused-ring (bicyclic) bond motifs is 3. The Morgan fingerprint density at radius 3 is 2.61 bits per heavy atom. The summed E-state index contributed by atoms with van der Waals surface area (Å²) in [6, 6.07) is 3.59. The van der Waals surface area contributed by atoms with Gasteiger partial charge in [-0.15, -0.1) is 0 Å². The van der Waals surface area contributed by atoms with Crippen LogP contribution >= 0.6 is 0 Å². The number of carbonyl (C=O) groups excluding carboxylic acids is 4. The molecule has 56 heavy (non-hydrogen) atoms. The zero-order valence-electron chi connectivity index (χ0n) is 31.7. The van der Waals surface area contributed by atoms with Crippen molar-refractivity contribution in [3.8, 4) is 5.88 Å². The first-order valence-electron chi connectivity index (χ1n) is 19.0. The van der Waals surface area contributed by atoms with Crippen LogP contribution in [0.3, 0.4) is 0 Å². The second-order valence-corrected chi connectivity index (χ2v) is 17.9. The van der Waals surface area contributed by atoms with Crippen molar-refractivity contribution in [2.24, 2.45) is 5.92 Å². The number of halogens is 1. The first-order chi connectivity index (χ1) is 26.6. The number of amides is 4. The highest BCUT2D eigenvalue weighted by molar-refractivity contribution is 7.91. The summed E-state index contributed by atoms with van der Waals surface area (Å²) in [5, 5.41) is 9.58. The Bertz CT molecular complexity index is 2240. The largest absolute Gasteiger partial charge is 0.471 e. The summed E-state index contributed by atoms with van der Waals surface area (Å²) < 4.78 is 53.9. The molecule has 1 saturated heterocycles. The van der Waals surface area contributed by atoms with E-state index in [9.17, 15) is 32.0 Å². The number of sulfonamides is 1. The fourth-order valence-corrected chi connectivity index (χ4v) is 8.53. The van der Waals surface area contributed by atoms with Crippen LogP contribution in [0.15, 0.2) is 53.1 Å². The number of carbonyl (C=O) groups is 4. The Morgan fingerprint density at radius 1 is 1.12 bits per heavy atom. The second kappa shape index (κ2) is 15.0. The molecule has 15 nitrogen and oxygen atoms in total. The topological polar surface area (TPSA) is 203 Å². The van der Waals surface area contributed by atoms with Gasteiger partial charge in [0.05, 0.1) is 22.5 Å². The number of hydrogen-bond acceptors (Lipinski definition) is 11. The highest BCUT2D eigenvalue weighted by Gasteiger charge is 2.56. The summed E-state index contributed by atoms with van der Waals surface area (Å²) in [5.41, 5.74) is -0.528. The summed E-state index contributed by atoms with van der Waals surface area (Å²) in [5.74, 6) is -4.20. The maximum Gasteiger partial charge on any atom is 0.290 e. The van der Waals surface area contributed by atoms with Crippen LogP contribution in [-0.4, -0.2) is 87.1 Å². The molecule has 2 aliphatic carbocycles. The third-order valence-electron chi connectivity index (χ3n) is 11.2. The van der Waals surface area contributed by atoms with Crippen molar-refractivity contribution in [1.82, 2.24) is 35.4 Å². The molecule has 4 amide bonds. The number of rotatable bonds is 8. The smallest absolute Gasteiger partial charge is 0.290 e. The monoisotopic (exact) mass is 791 g/mol. The van der Waals surface area contributed by atoms with Crippen molar-refractivity contribution < 1.29 is 41.2 Å². The number of ether oxygens (including phenoxy) is 1. The zero-order valence-corrected chi connectivity index (χ0v) is 32.5. The van der Waals surface area contributed by atoms with E-state index in [1.165, 1.54) is 29.2 Å². The van der Waals surface area contributed by atoms with Crippen molar-refractivity contribution >= 4 is 44.7 Å². The van der Waals surface area contributed by atoms with E-state index in [2.05, 4.69) is 30.5 Å². The SMILES string of the molecule is Cc1nc2cccc(F)c2nc1OC1CC2C(=O)NC3(C(=O)NS(=O)(=O)C4(C)CC4)C=CC3C=CCCCCCC(NC(=O)c3cc(C(C)C)no3)C(=O)N2C1. The number of aryl methyl sites for hydroxylation is 1. The summed E-state index contributed by atoms with van der Waals surface area (Å²) in [6.07, 6.45) is 9.58. The lowest BCUT2D eigenvalue weighted by Crippen LogP contribution is -2.67. The number of benzene rings is 1. The Labute approximate surface area is 323 Å². The van der Waals surface area contributed by atoms with Gasteiger partial charge in [0.15, 0.2) is 5.82 Å². The van der Waals surface area contributed by atoms with Crippen molar-refractivity contribution in [3.63, 3.8) is 0 Å². The van der Waals surface area contributed by atoms with Gasteiger partial charge >= 0.3 is 0 Å². The molecule has 0 radical (unpaired) electrons. The summed E-state index contributed by atoms with van der Waals surface area (Å²) in [6.45, 7) is 6.87. The van der Waals surface area contributed by atoms with Crippen LogP contribution < -0.4 is 20.1 Å². The van der Waals surface area contributed by atoms with Gasteiger partial charge in [-0.1, -0.05) is 62.2 Å². The standard InChI is InChI=1S/C39H46FN7O8S/c1-22(2)29-20-31(55-45-29)34(49)42-28-13-9-7-5-6-8-11-24-15-16-39(24,37(51)46-56(52,53)38(4)17-18-38)44-33(48)30-19-25(21-47(30)36(28)50)54-35-23(3)41-27-14-10-12-26(40)32(27)43-35/h8,10-12,14-16,20,22,24-25,28,30H,5-7,9,13,17-19,21H2,1-4H3,(H,42,49)(H,44,48)(H,46,51). The highest BCUT2D eigenvalue weighted by Crippen LogP contribution is 2.43. The molecule has 5 atom stereocenters. The maximum absolute atomic E-state index is 14.7. The van der Waals surface area contributed by atoms with E-state index in [1.54, 1.807) is 32.1 Å². The van der Waals surface area contributed by atoms with E-state index in [0.29, 0.717) is 49.0 Å². The molecule has 1 aromatic carbocycles. The molecule has 4 heterocycles. The van der Waals surface area contributed by atoms with Crippen LogP contribution in [0, 0.1) is 18.7 Å². The molecule has 0 bridgehead atoms. The molecule has 17 heteroatoms. The summed E-state index contributed by atoms with van der Waals surface area (Å²) >= 11 is 0. The van der Waals surface area contributed by atoms with Crippen molar-refractivity contribution in [1.29, 1.82) is 0 Å². The third-order valence-corrected chi connectivity index (χ3v) is 13.3. The molecule has 2 aliphatic heterocycles. The highest BCUT2D eigenvalue weighted by atomic mass is 32.2. The van der Waals surface area contributed by atoms with Gasteiger partial charge < -0.3 is 24.8 Å². The van der Waals surface area contributed by atoms with Gasteiger partial charge in [-0.2, -0.15) is 0 Å². The van der Waals surface area contributed by atoms with Gasteiger partial charge in [-0.3, -0.25) is 23.9 Å². The number of nitrogens with zero attached hydrogens (tertiary/aromatic N) is 4. The second-order valence-electron chi connectivity index (χ2n) is 15.7. The van der Waals surface area contributed by atoms with Gasteiger partial charge in [-0.25, -0.2) is 22.8 Å². The van der Waals surface area contributed by atoms with Gasteiger partial charge in [-0.05, 0) is 64.0 Å². The first kappa shape index (κ1) is 39.1. The van der Waals surface area contributed by atoms with E-state index in [4.69, 9.17) is 9.26 Å². The quantitative estimate of drug-likeness (QED) is 0.280. The molecule has 4 aliphatic rings. The van der Waals surface area contributed by atoms with Gasteiger partial charge in [0.25, 0.3) is 11.8 Å². The predicted molar refractivity (Wildman–Crippen MR) is 201 cm³/mol. The fraction of sp³-hybridized carbons (Fsp3) is 0.513. The molecule has 298 valence electrons. The molecule has 2 aromatic heterocycles. The molecular formula is C39H46FN7O8S. The average molecular weight is 792 g/mol. The van der Waals surface area contributed by atoms with Crippen LogP contribution in [0.1, 0.15) is 100.0 Å². The minimum Gasteiger partial charge on any atom is -0.471 e. The van der Waals surface area contributed by atoms with Gasteiger partial charge in [0.1, 0.15) is 34.9 Å². The molecule has 3 N–H and O–H groups in total. The Morgan fingerprint density at radius 2 is 1.91 bits per heavy atom. The van der Waals surface area contributed by atoms with Gasteiger partial charge in [0, 0.05) is 18.4 Å². The van der Waals surface area contributed by atoms with Crippen LogP contribution in [0.5, 0.6) is 5.88 Å². The Balaban J connectivity index is 1.22. The zero-order chi connectivity index (χ0) is 40.0. The lowest BCUT2D eigenvalue weighted by molar-refractivity contribution is -0.142.